The van der Waals surface area contributed by atoms with Gasteiger partial charge in [0.2, 0.25) is 0 Å². The first-order valence-electron chi connectivity index (χ1n) is 38.7. The number of aromatic nitrogens is 1. The van der Waals surface area contributed by atoms with Crippen molar-refractivity contribution in [3.8, 4) is 83.6 Å². The SMILES string of the molecule is CC(C)(C)c1cc(-c2ccc3c(c2)B2c4ccc(-c5cc(C(C)(C)C)cc(C(C)(C)C)c5)cc4N(c4c(-c5ccccc5)cc(C(C)(C)C)cc4-c4ccccc4)c4cc(-c5cccc6c5c5ccccc5n6-c5ccccc5)cc(c42)N3c2cc(-c3ccccc3)cc(-c3ccccc3)c2)cc(C(C)(C)C)c1. The molecule has 0 amide bonds. The number of nitrogens with zero attached hydrogens (tertiary/aromatic N) is 3. The summed E-state index contributed by atoms with van der Waals surface area (Å²) in [5.41, 5.74) is 36.2. The van der Waals surface area contributed by atoms with Gasteiger partial charge in [0.25, 0.3) is 6.71 Å². The van der Waals surface area contributed by atoms with Crippen molar-refractivity contribution in [3.05, 3.63) is 337 Å². The Hall–Kier alpha value is -11.5. The molecule has 0 saturated heterocycles. The molecule has 108 heavy (non-hydrogen) atoms. The van der Waals surface area contributed by atoms with E-state index in [9.17, 15) is 0 Å². The van der Waals surface area contributed by atoms with E-state index in [1.165, 1.54) is 88.4 Å². The van der Waals surface area contributed by atoms with Gasteiger partial charge in [0.15, 0.2) is 0 Å². The zero-order chi connectivity index (χ0) is 74.9. The van der Waals surface area contributed by atoms with E-state index in [-0.39, 0.29) is 33.8 Å². The maximum atomic E-state index is 2.76. The van der Waals surface area contributed by atoms with Crippen molar-refractivity contribution in [1.29, 1.82) is 0 Å². The van der Waals surface area contributed by atoms with Crippen molar-refractivity contribution in [2.75, 3.05) is 9.80 Å². The van der Waals surface area contributed by atoms with Gasteiger partial charge in [-0.15, -0.1) is 0 Å². The monoisotopic (exact) mass is 1400 g/mol. The van der Waals surface area contributed by atoms with Gasteiger partial charge in [-0.25, -0.2) is 0 Å². The van der Waals surface area contributed by atoms with Crippen LogP contribution in [0.5, 0.6) is 0 Å². The van der Waals surface area contributed by atoms with E-state index in [0.29, 0.717) is 0 Å². The van der Waals surface area contributed by atoms with Gasteiger partial charge in [0, 0.05) is 56.0 Å². The molecule has 2 aliphatic heterocycles. The Morgan fingerprint density at radius 1 is 0.231 bits per heavy atom. The fourth-order valence-electron chi connectivity index (χ4n) is 16.8. The summed E-state index contributed by atoms with van der Waals surface area (Å²) in [6, 6.07) is 119. The van der Waals surface area contributed by atoms with Gasteiger partial charge < -0.3 is 14.4 Å². The second-order valence-electron chi connectivity index (χ2n) is 35.5. The average Bonchev–Trinajstić information content (AvgIpc) is 0.702. The van der Waals surface area contributed by atoms with Gasteiger partial charge in [0.05, 0.1) is 16.7 Å². The zero-order valence-corrected chi connectivity index (χ0v) is 65.4. The van der Waals surface area contributed by atoms with E-state index in [4.69, 9.17) is 0 Å². The molecule has 0 unspecified atom stereocenters. The molecule has 3 nitrogen and oxygen atoms in total. The molecule has 0 N–H and O–H groups in total. The number of hydrogen-bond donors (Lipinski definition) is 0. The van der Waals surface area contributed by atoms with Gasteiger partial charge in [0.1, 0.15) is 0 Å². The number of anilines is 6. The lowest BCUT2D eigenvalue weighted by Crippen LogP contribution is -2.61. The predicted molar refractivity (Wildman–Crippen MR) is 466 cm³/mol. The van der Waals surface area contributed by atoms with E-state index in [0.717, 1.165) is 95.4 Å². The van der Waals surface area contributed by atoms with E-state index >= 15 is 0 Å². The van der Waals surface area contributed by atoms with Gasteiger partial charge in [-0.3, -0.25) is 0 Å². The third kappa shape index (κ3) is 12.5. The molecular weight excluding hydrogens is 1300 g/mol. The number of rotatable bonds is 10. The van der Waals surface area contributed by atoms with E-state index < -0.39 is 0 Å². The molecule has 0 atom stereocenters. The van der Waals surface area contributed by atoms with Gasteiger partial charge in [-0.05, 0) is 217 Å². The lowest BCUT2D eigenvalue weighted by molar-refractivity contribution is 0.568. The van der Waals surface area contributed by atoms with Crippen LogP contribution in [0, 0.1) is 0 Å². The lowest BCUT2D eigenvalue weighted by atomic mass is 9.33. The molecule has 4 heteroatoms. The van der Waals surface area contributed by atoms with Crippen molar-refractivity contribution in [1.82, 2.24) is 4.57 Å². The Morgan fingerprint density at radius 2 is 0.639 bits per heavy atom. The normalized spacial score (nSPS) is 13.1. The summed E-state index contributed by atoms with van der Waals surface area (Å²) in [5.74, 6) is 0. The molecule has 2 aliphatic rings. The first-order valence-corrected chi connectivity index (χ1v) is 38.7. The van der Waals surface area contributed by atoms with Crippen LogP contribution in [0.2, 0.25) is 0 Å². The minimum Gasteiger partial charge on any atom is -0.311 e. The van der Waals surface area contributed by atoms with Crippen molar-refractivity contribution in [2.24, 2.45) is 0 Å². The molecule has 3 heterocycles. The van der Waals surface area contributed by atoms with Gasteiger partial charge in [-0.2, -0.15) is 0 Å². The smallest absolute Gasteiger partial charge is 0.252 e. The van der Waals surface area contributed by atoms with Crippen LogP contribution in [0.25, 0.3) is 105 Å². The molecule has 0 saturated carbocycles. The Labute approximate surface area is 641 Å². The maximum Gasteiger partial charge on any atom is 0.252 e. The predicted octanol–water partition coefficient (Wildman–Crippen LogP) is 27.0. The molecule has 0 bridgehead atoms. The fraction of sp³-hybridized carbons (Fsp3) is 0.192. The Bertz CT molecular complexity index is 5810. The number of hydrogen-bond acceptors (Lipinski definition) is 2. The lowest BCUT2D eigenvalue weighted by Gasteiger charge is -2.45. The minimum atomic E-state index is -0.259. The van der Waals surface area contributed by atoms with Crippen molar-refractivity contribution in [2.45, 2.75) is 131 Å². The van der Waals surface area contributed by atoms with E-state index in [1.807, 2.05) is 0 Å². The Morgan fingerprint density at radius 3 is 1.14 bits per heavy atom. The zero-order valence-electron chi connectivity index (χ0n) is 65.4. The van der Waals surface area contributed by atoms with E-state index in [1.54, 1.807) is 0 Å². The Kier molecular flexibility index (Phi) is 16.9. The Balaban J connectivity index is 1.08. The first kappa shape index (κ1) is 69.6. The summed E-state index contributed by atoms with van der Waals surface area (Å²) in [6.45, 7) is 35.1. The highest BCUT2D eigenvalue weighted by atomic mass is 15.2. The van der Waals surface area contributed by atoms with Crippen molar-refractivity contribution < 1.29 is 0 Å². The van der Waals surface area contributed by atoms with Gasteiger partial charge in [-0.1, -0.05) is 334 Å². The van der Waals surface area contributed by atoms with Crippen molar-refractivity contribution in [3.63, 3.8) is 0 Å². The fourth-order valence-corrected chi connectivity index (χ4v) is 16.8. The summed E-state index contributed by atoms with van der Waals surface area (Å²) in [4.78, 5) is 5.42. The average molecular weight is 1400 g/mol. The second-order valence-corrected chi connectivity index (χ2v) is 35.5. The molecular formula is C104H96BN3. The molecule has 0 fully saturated rings. The van der Waals surface area contributed by atoms with Crippen LogP contribution in [0.4, 0.5) is 34.1 Å². The summed E-state index contributed by atoms with van der Waals surface area (Å²) < 4.78 is 2.47. The molecule has 0 spiro atoms. The molecule has 0 aliphatic carbocycles. The highest BCUT2D eigenvalue weighted by Gasteiger charge is 2.46. The largest absolute Gasteiger partial charge is 0.311 e. The quantitative estimate of drug-likeness (QED) is 0.126. The number of fused-ring (bicyclic) bond motifs is 7. The summed E-state index contributed by atoms with van der Waals surface area (Å²) in [6.07, 6.45) is 0. The minimum absolute atomic E-state index is 0.0978. The second kappa shape index (κ2) is 26.2. The van der Waals surface area contributed by atoms with Crippen LogP contribution in [0.3, 0.4) is 0 Å². The molecule has 17 rings (SSSR count). The van der Waals surface area contributed by atoms with Crippen LogP contribution < -0.4 is 26.2 Å². The van der Waals surface area contributed by atoms with Crippen LogP contribution in [-0.4, -0.2) is 11.3 Å². The third-order valence-electron chi connectivity index (χ3n) is 22.8. The summed E-state index contributed by atoms with van der Waals surface area (Å²) in [7, 11) is 0. The van der Waals surface area contributed by atoms with E-state index in [2.05, 4.69) is 428 Å². The van der Waals surface area contributed by atoms with Gasteiger partial charge >= 0.3 is 0 Å². The molecule has 14 aromatic carbocycles. The number of benzene rings is 14. The number of para-hydroxylation sites is 2. The molecule has 530 valence electrons. The third-order valence-corrected chi connectivity index (χ3v) is 22.8. The molecule has 15 aromatic rings. The standard InChI is InChI=1S/C104H96BN3/c1-100(2,3)78-53-75(54-79(63-78)101(4,5)6)71-49-51-92-90(59-71)105-89-50-48-72(76-55-80(102(7,8)9)64-81(56-76)103(10,11)12)60-94(89)108(99-87(69-38-25-18-26-39-69)65-82(104(13,14)15)66-88(99)70-40-27-19-28-41-70)96-62-77(85-45-33-47-93-97(85)86-44-31-32-46-91(86)106(93)83-42-29-20-30-43-83)61-95(98(96)105)107(92)84-57-73(67-34-21-16-22-35-67)52-74(58-84)68-36-23-17-24-37-68/h16-66H,1-15H3. The van der Waals surface area contributed by atoms with Crippen LogP contribution in [0.1, 0.15) is 132 Å². The van der Waals surface area contributed by atoms with Crippen LogP contribution in [0.15, 0.2) is 309 Å². The molecule has 1 aromatic heterocycles. The topological polar surface area (TPSA) is 11.4 Å². The van der Waals surface area contributed by atoms with Crippen molar-refractivity contribution >= 4 is 79.0 Å². The summed E-state index contributed by atoms with van der Waals surface area (Å²) in [5, 5.41) is 2.41. The van der Waals surface area contributed by atoms with Crippen LogP contribution in [-0.2, 0) is 27.1 Å². The van der Waals surface area contributed by atoms with Crippen LogP contribution >= 0.6 is 0 Å². The molecule has 0 radical (unpaired) electrons. The highest BCUT2D eigenvalue weighted by Crippen LogP contribution is 2.55. The maximum absolute atomic E-state index is 2.76. The highest BCUT2D eigenvalue weighted by molar-refractivity contribution is 7.00. The first-order chi connectivity index (χ1) is 51.7. The summed E-state index contributed by atoms with van der Waals surface area (Å²) >= 11 is 0.